The Kier molecular flexibility index (Phi) is 3.38. The number of nitrogens with one attached hydrogen (secondary N) is 2. The summed E-state index contributed by atoms with van der Waals surface area (Å²) in [6.45, 7) is 2.14. The maximum atomic E-state index is 9.31. The highest BCUT2D eigenvalue weighted by Crippen LogP contribution is 2.17. The third kappa shape index (κ3) is 2.50. The van der Waals surface area contributed by atoms with Crippen molar-refractivity contribution in [2.75, 3.05) is 20.3 Å². The summed E-state index contributed by atoms with van der Waals surface area (Å²) >= 11 is 0. The molecule has 0 saturated heterocycles. The number of methoxy groups -OCH3 is 1. The number of hydrogen-bond donors (Lipinski definition) is 3. The smallest absolute Gasteiger partial charge is 0.121 e. The Morgan fingerprint density at radius 2 is 2.38 bits per heavy atom. The molecule has 5 heteroatoms. The number of rotatable bonds is 5. The molecule has 0 saturated carbocycles. The largest absolute Gasteiger partial charge is 0.508 e. The van der Waals surface area contributed by atoms with Crippen molar-refractivity contribution in [1.82, 2.24) is 15.3 Å². The van der Waals surface area contributed by atoms with E-state index in [0.717, 1.165) is 23.4 Å². The van der Waals surface area contributed by atoms with Gasteiger partial charge < -0.3 is 20.1 Å². The molecule has 16 heavy (non-hydrogen) atoms. The topological polar surface area (TPSA) is 70.2 Å². The Balaban J connectivity index is 2.02. The normalized spacial score (nSPS) is 11.1. The lowest BCUT2D eigenvalue weighted by molar-refractivity contribution is 0.199. The van der Waals surface area contributed by atoms with Gasteiger partial charge in [-0.2, -0.15) is 0 Å². The Labute approximate surface area is 93.5 Å². The number of imidazole rings is 1. The van der Waals surface area contributed by atoms with Crippen molar-refractivity contribution in [3.63, 3.8) is 0 Å². The number of nitrogens with zero attached hydrogens (tertiary/aromatic N) is 1. The van der Waals surface area contributed by atoms with Crippen molar-refractivity contribution in [3.8, 4) is 5.75 Å². The van der Waals surface area contributed by atoms with E-state index in [9.17, 15) is 5.11 Å². The van der Waals surface area contributed by atoms with E-state index < -0.39 is 0 Å². The first kappa shape index (κ1) is 10.9. The molecule has 0 atom stereocenters. The summed E-state index contributed by atoms with van der Waals surface area (Å²) in [6, 6.07) is 5.09. The van der Waals surface area contributed by atoms with Crippen molar-refractivity contribution in [2.45, 2.75) is 6.54 Å². The summed E-state index contributed by atoms with van der Waals surface area (Å²) in [4.78, 5) is 7.52. The third-order valence-electron chi connectivity index (χ3n) is 2.29. The zero-order valence-corrected chi connectivity index (χ0v) is 9.16. The van der Waals surface area contributed by atoms with Gasteiger partial charge in [0.2, 0.25) is 0 Å². The number of benzene rings is 1. The molecule has 0 fully saturated rings. The second-order valence-electron chi connectivity index (χ2n) is 3.55. The molecule has 1 aromatic carbocycles. The quantitative estimate of drug-likeness (QED) is 0.659. The number of aromatic hydroxyl groups is 1. The van der Waals surface area contributed by atoms with Crippen molar-refractivity contribution < 1.29 is 9.84 Å². The second-order valence-corrected chi connectivity index (χ2v) is 3.55. The average molecular weight is 221 g/mol. The summed E-state index contributed by atoms with van der Waals surface area (Å²) in [7, 11) is 1.67. The van der Waals surface area contributed by atoms with Crippen LogP contribution in [0.15, 0.2) is 18.2 Å². The molecule has 0 unspecified atom stereocenters. The molecule has 0 radical (unpaired) electrons. The van der Waals surface area contributed by atoms with Crippen LogP contribution in [0.2, 0.25) is 0 Å². The predicted octanol–water partition coefficient (Wildman–Crippen LogP) is 1.00. The van der Waals surface area contributed by atoms with Crippen molar-refractivity contribution in [2.24, 2.45) is 0 Å². The van der Waals surface area contributed by atoms with Gasteiger partial charge in [-0.3, -0.25) is 0 Å². The van der Waals surface area contributed by atoms with Crippen molar-refractivity contribution in [3.05, 3.63) is 24.0 Å². The molecule has 0 amide bonds. The van der Waals surface area contributed by atoms with Gasteiger partial charge in [0.1, 0.15) is 11.6 Å². The molecule has 0 aliphatic carbocycles. The van der Waals surface area contributed by atoms with Crippen molar-refractivity contribution >= 4 is 11.0 Å². The fraction of sp³-hybridized carbons (Fsp3) is 0.364. The van der Waals surface area contributed by atoms with E-state index >= 15 is 0 Å². The van der Waals surface area contributed by atoms with Crippen LogP contribution < -0.4 is 5.32 Å². The van der Waals surface area contributed by atoms with Gasteiger partial charge in [-0.15, -0.1) is 0 Å². The first-order chi connectivity index (χ1) is 7.79. The van der Waals surface area contributed by atoms with Gasteiger partial charge in [0.05, 0.1) is 24.2 Å². The molecular formula is C11H15N3O2. The van der Waals surface area contributed by atoms with Gasteiger partial charge in [0.25, 0.3) is 0 Å². The van der Waals surface area contributed by atoms with Gasteiger partial charge in [0, 0.05) is 19.7 Å². The van der Waals surface area contributed by atoms with Crippen LogP contribution in [0.4, 0.5) is 0 Å². The number of phenolic OH excluding ortho intramolecular Hbond substituents is 1. The number of fused-ring (bicyclic) bond motifs is 1. The zero-order valence-electron chi connectivity index (χ0n) is 9.16. The van der Waals surface area contributed by atoms with Crippen LogP contribution in [-0.2, 0) is 11.3 Å². The summed E-state index contributed by atoms with van der Waals surface area (Å²) in [6.07, 6.45) is 0. The highest BCUT2D eigenvalue weighted by molar-refractivity contribution is 5.76. The predicted molar refractivity (Wildman–Crippen MR) is 61.3 cm³/mol. The minimum absolute atomic E-state index is 0.245. The molecule has 0 bridgehead atoms. The summed E-state index contributed by atoms with van der Waals surface area (Å²) in [5.41, 5.74) is 1.71. The van der Waals surface area contributed by atoms with Crippen LogP contribution in [0.1, 0.15) is 5.82 Å². The first-order valence-electron chi connectivity index (χ1n) is 5.17. The molecule has 86 valence electrons. The van der Waals surface area contributed by atoms with Crippen LogP contribution >= 0.6 is 0 Å². The van der Waals surface area contributed by atoms with Gasteiger partial charge in [-0.05, 0) is 12.1 Å². The molecule has 0 aliphatic rings. The van der Waals surface area contributed by atoms with E-state index in [4.69, 9.17) is 4.74 Å². The maximum Gasteiger partial charge on any atom is 0.121 e. The number of phenols is 1. The standard InChI is InChI=1S/C11H15N3O2/c1-16-5-4-12-7-11-13-9-3-2-8(15)6-10(9)14-11/h2-3,6,12,15H,4-5,7H2,1H3,(H,13,14). The fourth-order valence-electron chi connectivity index (χ4n) is 1.52. The number of aromatic nitrogens is 2. The number of ether oxygens (including phenoxy) is 1. The lowest BCUT2D eigenvalue weighted by Crippen LogP contribution is -2.19. The Morgan fingerprint density at radius 1 is 1.50 bits per heavy atom. The summed E-state index contributed by atoms with van der Waals surface area (Å²) < 4.78 is 4.93. The Bertz CT molecular complexity index is 467. The highest BCUT2D eigenvalue weighted by Gasteiger charge is 2.02. The summed E-state index contributed by atoms with van der Waals surface area (Å²) in [5, 5.41) is 12.5. The molecule has 3 N–H and O–H groups in total. The number of hydrogen-bond acceptors (Lipinski definition) is 4. The van der Waals surface area contributed by atoms with Crippen molar-refractivity contribution in [1.29, 1.82) is 0 Å². The van der Waals surface area contributed by atoms with E-state index in [0.29, 0.717) is 13.2 Å². The minimum atomic E-state index is 0.245. The SMILES string of the molecule is COCCNCc1nc2ccc(O)cc2[nH]1. The van der Waals surface area contributed by atoms with Crippen LogP contribution in [0.3, 0.4) is 0 Å². The van der Waals surface area contributed by atoms with Crippen LogP contribution in [0, 0.1) is 0 Å². The monoisotopic (exact) mass is 221 g/mol. The lowest BCUT2D eigenvalue weighted by Gasteiger charge is -2.00. The Hall–Kier alpha value is -1.59. The molecule has 0 aliphatic heterocycles. The number of H-pyrrole nitrogens is 1. The zero-order chi connectivity index (χ0) is 11.4. The molecule has 0 spiro atoms. The van der Waals surface area contributed by atoms with E-state index in [1.165, 1.54) is 0 Å². The fourth-order valence-corrected chi connectivity index (χ4v) is 1.52. The molecular weight excluding hydrogens is 206 g/mol. The second kappa shape index (κ2) is 4.96. The van der Waals surface area contributed by atoms with Crippen LogP contribution in [-0.4, -0.2) is 35.3 Å². The third-order valence-corrected chi connectivity index (χ3v) is 2.29. The lowest BCUT2D eigenvalue weighted by atomic mass is 10.3. The van der Waals surface area contributed by atoms with Gasteiger partial charge in [0.15, 0.2) is 0 Å². The van der Waals surface area contributed by atoms with E-state index in [-0.39, 0.29) is 5.75 Å². The Morgan fingerprint density at radius 3 is 3.19 bits per heavy atom. The average Bonchev–Trinajstić information content (AvgIpc) is 2.66. The van der Waals surface area contributed by atoms with Crippen LogP contribution in [0.5, 0.6) is 5.75 Å². The molecule has 5 nitrogen and oxygen atoms in total. The van der Waals surface area contributed by atoms with Gasteiger partial charge >= 0.3 is 0 Å². The van der Waals surface area contributed by atoms with Gasteiger partial charge in [-0.25, -0.2) is 4.98 Å². The van der Waals surface area contributed by atoms with E-state index in [2.05, 4.69) is 15.3 Å². The molecule has 1 heterocycles. The van der Waals surface area contributed by atoms with E-state index in [1.54, 1.807) is 25.3 Å². The van der Waals surface area contributed by atoms with Crippen LogP contribution in [0.25, 0.3) is 11.0 Å². The first-order valence-corrected chi connectivity index (χ1v) is 5.17. The van der Waals surface area contributed by atoms with Gasteiger partial charge in [-0.1, -0.05) is 0 Å². The maximum absolute atomic E-state index is 9.31. The molecule has 2 rings (SSSR count). The molecule has 2 aromatic rings. The number of aromatic amines is 1. The van der Waals surface area contributed by atoms with E-state index in [1.807, 2.05) is 0 Å². The molecule has 1 aromatic heterocycles. The highest BCUT2D eigenvalue weighted by atomic mass is 16.5. The summed E-state index contributed by atoms with van der Waals surface area (Å²) in [5.74, 6) is 1.10. The minimum Gasteiger partial charge on any atom is -0.508 e.